The molecule has 1 aliphatic rings. The lowest BCUT2D eigenvalue weighted by Crippen LogP contribution is -2.47. The highest BCUT2D eigenvalue weighted by atomic mass is 32.2. The van der Waals surface area contributed by atoms with Gasteiger partial charge in [-0.2, -0.15) is 17.0 Å². The number of piperidine rings is 1. The molecule has 0 spiro atoms. The molecule has 0 saturated carbocycles. The number of nitrogens with one attached hydrogen (secondary N) is 1. The Bertz CT molecular complexity index is 660. The summed E-state index contributed by atoms with van der Waals surface area (Å²) in [7, 11) is 1.04. The predicted molar refractivity (Wildman–Crippen MR) is 88.5 cm³/mol. The molecule has 1 N–H and O–H groups in total. The van der Waals surface area contributed by atoms with Crippen molar-refractivity contribution in [3.8, 4) is 5.75 Å². The van der Waals surface area contributed by atoms with Gasteiger partial charge in [0.15, 0.2) is 0 Å². The van der Waals surface area contributed by atoms with Gasteiger partial charge >= 0.3 is 0 Å². The van der Waals surface area contributed by atoms with E-state index in [0.29, 0.717) is 30.8 Å². The molecule has 0 bridgehead atoms. The Morgan fingerprint density at radius 1 is 1.35 bits per heavy atom. The summed E-state index contributed by atoms with van der Waals surface area (Å²) in [5, 5.41) is 2.83. The highest BCUT2D eigenvalue weighted by Gasteiger charge is 2.33. The standard InChI is InChI=1S/C15H23N3O4S/c1-17(2)23(20,21)18-10-6-7-12(11-18)15(19)16-13-8-4-5-9-14(13)22-3/h4-5,8-9,12H,6-7,10-11H2,1-3H3,(H,16,19). The molecule has 7 nitrogen and oxygen atoms in total. The second-order valence-corrected chi connectivity index (χ2v) is 7.82. The van der Waals surface area contributed by atoms with Crippen LogP contribution in [0.15, 0.2) is 24.3 Å². The van der Waals surface area contributed by atoms with Crippen molar-refractivity contribution in [3.05, 3.63) is 24.3 Å². The molecule has 1 aromatic carbocycles. The molecule has 1 atom stereocenters. The second kappa shape index (κ2) is 7.29. The first-order valence-electron chi connectivity index (χ1n) is 7.47. The summed E-state index contributed by atoms with van der Waals surface area (Å²) in [6.45, 7) is 0.639. The van der Waals surface area contributed by atoms with E-state index >= 15 is 0 Å². The van der Waals surface area contributed by atoms with E-state index in [1.54, 1.807) is 12.1 Å². The van der Waals surface area contributed by atoms with Crippen LogP contribution in [0, 0.1) is 5.92 Å². The van der Waals surface area contributed by atoms with Crippen molar-refractivity contribution in [1.29, 1.82) is 0 Å². The van der Waals surface area contributed by atoms with Gasteiger partial charge in [0.05, 0.1) is 18.7 Å². The zero-order valence-electron chi connectivity index (χ0n) is 13.7. The van der Waals surface area contributed by atoms with E-state index in [-0.39, 0.29) is 18.4 Å². The van der Waals surface area contributed by atoms with Crippen LogP contribution in [-0.2, 0) is 15.0 Å². The first kappa shape index (κ1) is 17.7. The lowest BCUT2D eigenvalue weighted by atomic mass is 9.98. The van der Waals surface area contributed by atoms with E-state index in [1.165, 1.54) is 29.8 Å². The number of nitrogens with zero attached hydrogens (tertiary/aromatic N) is 2. The molecule has 1 saturated heterocycles. The Morgan fingerprint density at radius 2 is 2.04 bits per heavy atom. The lowest BCUT2D eigenvalue weighted by molar-refractivity contribution is -0.120. The molecule has 0 radical (unpaired) electrons. The summed E-state index contributed by atoms with van der Waals surface area (Å²) in [4.78, 5) is 12.5. The Morgan fingerprint density at radius 3 is 2.70 bits per heavy atom. The molecule has 0 aromatic heterocycles. The van der Waals surface area contributed by atoms with Crippen molar-refractivity contribution >= 4 is 21.8 Å². The third kappa shape index (κ3) is 4.01. The Balaban J connectivity index is 2.08. The van der Waals surface area contributed by atoms with Gasteiger partial charge in [0.25, 0.3) is 10.2 Å². The number of hydrogen-bond donors (Lipinski definition) is 1. The molecular weight excluding hydrogens is 318 g/mol. The second-order valence-electron chi connectivity index (χ2n) is 5.68. The van der Waals surface area contributed by atoms with Gasteiger partial charge in [-0.15, -0.1) is 0 Å². The topological polar surface area (TPSA) is 79.0 Å². The zero-order valence-corrected chi connectivity index (χ0v) is 14.5. The van der Waals surface area contributed by atoms with Crippen molar-refractivity contribution in [2.45, 2.75) is 12.8 Å². The molecular formula is C15H23N3O4S. The van der Waals surface area contributed by atoms with Crippen molar-refractivity contribution in [3.63, 3.8) is 0 Å². The summed E-state index contributed by atoms with van der Waals surface area (Å²) in [6.07, 6.45) is 1.33. The first-order valence-corrected chi connectivity index (χ1v) is 8.87. The van der Waals surface area contributed by atoms with Gasteiger partial charge in [0.1, 0.15) is 5.75 Å². The maximum absolute atomic E-state index is 12.5. The molecule has 1 amide bonds. The maximum Gasteiger partial charge on any atom is 0.281 e. The molecule has 1 fully saturated rings. The maximum atomic E-state index is 12.5. The van der Waals surface area contributed by atoms with Gasteiger partial charge in [-0.1, -0.05) is 12.1 Å². The van der Waals surface area contributed by atoms with Crippen molar-refractivity contribution < 1.29 is 17.9 Å². The minimum Gasteiger partial charge on any atom is -0.495 e. The molecule has 1 aromatic rings. The van der Waals surface area contributed by atoms with Gasteiger partial charge in [-0.3, -0.25) is 4.79 Å². The van der Waals surface area contributed by atoms with Gasteiger partial charge in [-0.05, 0) is 25.0 Å². The van der Waals surface area contributed by atoms with E-state index in [2.05, 4.69) is 5.32 Å². The summed E-state index contributed by atoms with van der Waals surface area (Å²) in [6, 6.07) is 7.15. The Labute approximate surface area is 137 Å². The van der Waals surface area contributed by atoms with Gasteiger partial charge in [0.2, 0.25) is 5.91 Å². The summed E-state index contributed by atoms with van der Waals surface area (Å²) in [5.74, 6) is 0.0194. The quantitative estimate of drug-likeness (QED) is 0.871. The van der Waals surface area contributed by atoms with Crippen LogP contribution in [0.1, 0.15) is 12.8 Å². The molecule has 1 unspecified atom stereocenters. The summed E-state index contributed by atoms with van der Waals surface area (Å²) < 4.78 is 32.2. The third-order valence-electron chi connectivity index (χ3n) is 3.91. The van der Waals surface area contributed by atoms with Crippen LogP contribution in [0.3, 0.4) is 0 Å². The largest absolute Gasteiger partial charge is 0.495 e. The van der Waals surface area contributed by atoms with E-state index in [1.807, 2.05) is 12.1 Å². The third-order valence-corrected chi connectivity index (χ3v) is 5.81. The zero-order chi connectivity index (χ0) is 17.0. The normalized spacial score (nSPS) is 19.6. The average Bonchev–Trinajstić information content (AvgIpc) is 2.55. The van der Waals surface area contributed by atoms with Crippen LogP contribution in [0.2, 0.25) is 0 Å². The first-order chi connectivity index (χ1) is 10.9. The molecule has 8 heteroatoms. The van der Waals surface area contributed by atoms with Crippen molar-refractivity contribution in [2.24, 2.45) is 5.92 Å². The smallest absolute Gasteiger partial charge is 0.281 e. The minimum atomic E-state index is -3.49. The fourth-order valence-electron chi connectivity index (χ4n) is 2.58. The summed E-state index contributed by atoms with van der Waals surface area (Å²) in [5.41, 5.74) is 0.590. The van der Waals surface area contributed by atoms with E-state index in [0.717, 1.165) is 0 Å². The van der Waals surface area contributed by atoms with Crippen LogP contribution in [0.25, 0.3) is 0 Å². The van der Waals surface area contributed by atoms with Crippen LogP contribution >= 0.6 is 0 Å². The molecule has 0 aliphatic carbocycles. The number of para-hydroxylation sites is 2. The van der Waals surface area contributed by atoms with Crippen LogP contribution < -0.4 is 10.1 Å². The van der Waals surface area contributed by atoms with E-state index in [4.69, 9.17) is 4.74 Å². The number of rotatable bonds is 5. The van der Waals surface area contributed by atoms with Crippen molar-refractivity contribution in [2.75, 3.05) is 39.6 Å². The average molecular weight is 341 g/mol. The highest BCUT2D eigenvalue weighted by molar-refractivity contribution is 7.86. The number of amides is 1. The minimum absolute atomic E-state index is 0.187. The van der Waals surface area contributed by atoms with Gasteiger partial charge < -0.3 is 10.1 Å². The summed E-state index contributed by atoms with van der Waals surface area (Å²) >= 11 is 0. The Hall–Kier alpha value is -1.64. The number of hydrogen-bond acceptors (Lipinski definition) is 4. The van der Waals surface area contributed by atoms with Crippen LogP contribution in [-0.4, -0.2) is 57.2 Å². The SMILES string of the molecule is COc1ccccc1NC(=O)C1CCCN(S(=O)(=O)N(C)C)C1. The monoisotopic (exact) mass is 341 g/mol. The molecule has 1 heterocycles. The van der Waals surface area contributed by atoms with E-state index in [9.17, 15) is 13.2 Å². The molecule has 23 heavy (non-hydrogen) atoms. The van der Waals surface area contributed by atoms with Gasteiger partial charge in [-0.25, -0.2) is 0 Å². The molecule has 1 aliphatic heterocycles. The number of carbonyl (C=O) groups is 1. The van der Waals surface area contributed by atoms with Gasteiger partial charge in [0, 0.05) is 27.2 Å². The Kier molecular flexibility index (Phi) is 5.61. The fraction of sp³-hybridized carbons (Fsp3) is 0.533. The fourth-order valence-corrected chi connectivity index (χ4v) is 3.77. The molecule has 2 rings (SSSR count). The number of carbonyl (C=O) groups excluding carboxylic acids is 1. The van der Waals surface area contributed by atoms with Crippen molar-refractivity contribution in [1.82, 2.24) is 8.61 Å². The number of benzene rings is 1. The number of methoxy groups -OCH3 is 1. The molecule has 128 valence electrons. The predicted octanol–water partition coefficient (Wildman–Crippen LogP) is 1.15. The van der Waals surface area contributed by atoms with Crippen LogP contribution in [0.4, 0.5) is 5.69 Å². The lowest BCUT2D eigenvalue weighted by Gasteiger charge is -2.32. The van der Waals surface area contributed by atoms with Crippen LogP contribution in [0.5, 0.6) is 5.75 Å². The number of anilines is 1. The highest BCUT2D eigenvalue weighted by Crippen LogP contribution is 2.26. The van der Waals surface area contributed by atoms with E-state index < -0.39 is 10.2 Å². The number of ether oxygens (including phenoxy) is 1.